The zero-order valence-corrected chi connectivity index (χ0v) is 8.70. The number of hydrogen-bond acceptors (Lipinski definition) is 3. The van der Waals surface area contributed by atoms with Crippen LogP contribution in [0.15, 0.2) is 12.2 Å². The molecule has 0 aliphatic rings. The molecule has 0 aromatic rings. The first-order valence-electron chi connectivity index (χ1n) is 4.33. The van der Waals surface area contributed by atoms with Gasteiger partial charge in [-0.1, -0.05) is 26.0 Å². The van der Waals surface area contributed by atoms with Gasteiger partial charge in [-0.25, -0.2) is 0 Å². The zero-order chi connectivity index (χ0) is 10.6. The van der Waals surface area contributed by atoms with Crippen LogP contribution in [-0.4, -0.2) is 24.3 Å². The molecule has 3 nitrogen and oxygen atoms in total. The van der Waals surface area contributed by atoms with Crippen molar-refractivity contribution in [1.82, 2.24) is 0 Å². The second-order valence-electron chi connectivity index (χ2n) is 3.58. The topological polar surface area (TPSA) is 46.5 Å². The van der Waals surface area contributed by atoms with Crippen LogP contribution in [0.2, 0.25) is 0 Å². The minimum atomic E-state index is -0.718. The number of aliphatic hydroxyl groups is 1. The lowest BCUT2D eigenvalue weighted by molar-refractivity contribution is -0.148. The van der Waals surface area contributed by atoms with Crippen molar-refractivity contribution >= 4 is 5.97 Å². The molecule has 2 atom stereocenters. The minimum absolute atomic E-state index is 0.0146. The fraction of sp³-hybridized carbons (Fsp3) is 0.700. The molecule has 0 aliphatic carbocycles. The normalized spacial score (nSPS) is 15.2. The summed E-state index contributed by atoms with van der Waals surface area (Å²) in [7, 11) is 1.31. The first-order chi connectivity index (χ1) is 5.91. The van der Waals surface area contributed by atoms with E-state index in [9.17, 15) is 9.90 Å². The van der Waals surface area contributed by atoms with Gasteiger partial charge >= 0.3 is 5.97 Å². The fourth-order valence-electron chi connectivity index (χ4n) is 1.14. The lowest BCUT2D eigenvalue weighted by Gasteiger charge is -2.23. The highest BCUT2D eigenvalue weighted by molar-refractivity contribution is 5.76. The number of methoxy groups -OCH3 is 1. The van der Waals surface area contributed by atoms with Gasteiger partial charge in [0, 0.05) is 0 Å². The van der Waals surface area contributed by atoms with Crippen LogP contribution in [-0.2, 0) is 9.53 Å². The summed E-state index contributed by atoms with van der Waals surface area (Å²) in [6, 6.07) is 0. The van der Waals surface area contributed by atoms with Crippen molar-refractivity contribution < 1.29 is 14.6 Å². The molecule has 0 aliphatic heterocycles. The number of carbonyl (C=O) groups is 1. The number of carbonyl (C=O) groups excluding carboxylic acids is 1. The van der Waals surface area contributed by atoms with Gasteiger partial charge in [-0.2, -0.15) is 0 Å². The summed E-state index contributed by atoms with van der Waals surface area (Å²) in [4.78, 5) is 11.3. The standard InChI is InChI=1S/C10H18O3/c1-6(2)8(10(12)13-5)9(11)7(3)4/h7-9,11H,1H2,2-5H3/t8-,9+/m1/s1. The molecular weight excluding hydrogens is 168 g/mol. The first-order valence-corrected chi connectivity index (χ1v) is 4.33. The van der Waals surface area contributed by atoms with E-state index in [1.807, 2.05) is 13.8 Å². The van der Waals surface area contributed by atoms with Gasteiger partial charge in [0.15, 0.2) is 0 Å². The average Bonchev–Trinajstić information content (AvgIpc) is 2.03. The molecule has 0 unspecified atom stereocenters. The van der Waals surface area contributed by atoms with Gasteiger partial charge in [0.25, 0.3) is 0 Å². The smallest absolute Gasteiger partial charge is 0.315 e. The predicted molar refractivity (Wildman–Crippen MR) is 51.2 cm³/mol. The maximum Gasteiger partial charge on any atom is 0.315 e. The minimum Gasteiger partial charge on any atom is -0.468 e. The van der Waals surface area contributed by atoms with Crippen LogP contribution >= 0.6 is 0 Å². The van der Waals surface area contributed by atoms with Crippen LogP contribution < -0.4 is 0 Å². The van der Waals surface area contributed by atoms with Crippen molar-refractivity contribution in [3.63, 3.8) is 0 Å². The molecule has 76 valence electrons. The van der Waals surface area contributed by atoms with Crippen LogP contribution in [0.25, 0.3) is 0 Å². The second kappa shape index (κ2) is 5.02. The highest BCUT2D eigenvalue weighted by Crippen LogP contribution is 2.20. The Kier molecular flexibility index (Phi) is 4.70. The SMILES string of the molecule is C=C(C)[C@@H](C(=O)OC)[C@@H](O)C(C)C. The maximum absolute atomic E-state index is 11.3. The van der Waals surface area contributed by atoms with Gasteiger partial charge in [-0.3, -0.25) is 4.79 Å². The summed E-state index contributed by atoms with van der Waals surface area (Å²) in [5.41, 5.74) is 0.632. The molecule has 0 aromatic carbocycles. The molecule has 0 bridgehead atoms. The van der Waals surface area contributed by atoms with Gasteiger partial charge in [0.1, 0.15) is 5.92 Å². The van der Waals surface area contributed by atoms with Crippen LogP contribution in [0.1, 0.15) is 20.8 Å². The Morgan fingerprint density at radius 1 is 1.46 bits per heavy atom. The van der Waals surface area contributed by atoms with Crippen LogP contribution in [0, 0.1) is 11.8 Å². The number of esters is 1. The van der Waals surface area contributed by atoms with Crippen LogP contribution in [0.5, 0.6) is 0 Å². The third kappa shape index (κ3) is 3.19. The van der Waals surface area contributed by atoms with E-state index in [4.69, 9.17) is 0 Å². The first kappa shape index (κ1) is 12.2. The van der Waals surface area contributed by atoms with Gasteiger partial charge in [-0.05, 0) is 12.8 Å². The predicted octanol–water partition coefficient (Wildman–Crippen LogP) is 1.37. The van der Waals surface area contributed by atoms with E-state index >= 15 is 0 Å². The molecular formula is C10H18O3. The molecule has 0 rings (SSSR count). The summed E-state index contributed by atoms with van der Waals surface area (Å²) < 4.78 is 4.59. The van der Waals surface area contributed by atoms with Gasteiger partial charge in [0.2, 0.25) is 0 Å². The van der Waals surface area contributed by atoms with Crippen molar-refractivity contribution in [1.29, 1.82) is 0 Å². The highest BCUT2D eigenvalue weighted by atomic mass is 16.5. The lowest BCUT2D eigenvalue weighted by Crippen LogP contribution is -2.33. The van der Waals surface area contributed by atoms with E-state index in [0.29, 0.717) is 5.57 Å². The number of ether oxygens (including phenoxy) is 1. The Balaban J connectivity index is 4.61. The molecule has 0 fully saturated rings. The molecule has 0 heterocycles. The summed E-state index contributed by atoms with van der Waals surface area (Å²) in [6.45, 7) is 9.08. The molecule has 0 saturated heterocycles. The van der Waals surface area contributed by atoms with E-state index in [2.05, 4.69) is 11.3 Å². The Morgan fingerprint density at radius 3 is 2.15 bits per heavy atom. The molecule has 0 spiro atoms. The molecule has 0 amide bonds. The van der Waals surface area contributed by atoms with Crippen molar-refractivity contribution in [2.45, 2.75) is 26.9 Å². The third-order valence-corrected chi connectivity index (χ3v) is 2.01. The maximum atomic E-state index is 11.3. The summed E-state index contributed by atoms with van der Waals surface area (Å²) in [5, 5.41) is 9.70. The van der Waals surface area contributed by atoms with E-state index in [0.717, 1.165) is 0 Å². The van der Waals surface area contributed by atoms with Gasteiger partial charge < -0.3 is 9.84 Å². The summed E-state index contributed by atoms with van der Waals surface area (Å²) in [5.74, 6) is -1.01. The number of rotatable bonds is 4. The Morgan fingerprint density at radius 2 is 1.92 bits per heavy atom. The number of aliphatic hydroxyl groups excluding tert-OH is 1. The Bertz CT molecular complexity index is 196. The Labute approximate surface area is 79.4 Å². The fourth-order valence-corrected chi connectivity index (χ4v) is 1.14. The molecule has 0 saturated carbocycles. The molecule has 0 aromatic heterocycles. The summed E-state index contributed by atoms with van der Waals surface area (Å²) in [6.07, 6.45) is -0.718. The monoisotopic (exact) mass is 186 g/mol. The second-order valence-corrected chi connectivity index (χ2v) is 3.58. The van der Waals surface area contributed by atoms with E-state index in [-0.39, 0.29) is 5.92 Å². The quantitative estimate of drug-likeness (QED) is 0.533. The van der Waals surface area contributed by atoms with Crippen LogP contribution in [0.3, 0.4) is 0 Å². The van der Waals surface area contributed by atoms with Gasteiger partial charge in [-0.15, -0.1) is 0 Å². The molecule has 13 heavy (non-hydrogen) atoms. The zero-order valence-electron chi connectivity index (χ0n) is 8.70. The Hall–Kier alpha value is -0.830. The van der Waals surface area contributed by atoms with Crippen molar-refractivity contribution in [3.8, 4) is 0 Å². The van der Waals surface area contributed by atoms with Crippen LogP contribution in [0.4, 0.5) is 0 Å². The van der Waals surface area contributed by atoms with Crippen molar-refractivity contribution in [2.24, 2.45) is 11.8 Å². The lowest BCUT2D eigenvalue weighted by atomic mass is 9.88. The highest BCUT2D eigenvalue weighted by Gasteiger charge is 2.30. The molecule has 1 N–H and O–H groups in total. The van der Waals surface area contributed by atoms with E-state index in [1.54, 1.807) is 6.92 Å². The van der Waals surface area contributed by atoms with E-state index < -0.39 is 18.0 Å². The third-order valence-electron chi connectivity index (χ3n) is 2.01. The number of hydrogen-bond donors (Lipinski definition) is 1. The van der Waals surface area contributed by atoms with E-state index in [1.165, 1.54) is 7.11 Å². The molecule has 3 heteroatoms. The molecule has 0 radical (unpaired) electrons. The van der Waals surface area contributed by atoms with Gasteiger partial charge in [0.05, 0.1) is 13.2 Å². The van der Waals surface area contributed by atoms with Crippen molar-refractivity contribution in [2.75, 3.05) is 7.11 Å². The van der Waals surface area contributed by atoms with Crippen molar-refractivity contribution in [3.05, 3.63) is 12.2 Å². The average molecular weight is 186 g/mol. The largest absolute Gasteiger partial charge is 0.468 e. The summed E-state index contributed by atoms with van der Waals surface area (Å²) >= 11 is 0.